The Bertz CT molecular complexity index is 336. The fraction of sp³-hybridized carbons (Fsp3) is 0.273. The highest BCUT2D eigenvalue weighted by Gasteiger charge is 2.06. The van der Waals surface area contributed by atoms with Crippen LogP contribution in [0.15, 0.2) is 29.3 Å². The molecule has 0 heterocycles. The largest absolute Gasteiger partial charge is 0.488 e. The number of hydrogen-bond acceptors (Lipinski definition) is 1. The normalized spacial score (nSPS) is 9.93. The van der Waals surface area contributed by atoms with Crippen LogP contribution in [0.5, 0.6) is 5.75 Å². The van der Waals surface area contributed by atoms with E-state index in [-0.39, 0.29) is 0 Å². The van der Waals surface area contributed by atoms with Crippen molar-refractivity contribution in [2.45, 2.75) is 13.3 Å². The minimum absolute atomic E-state index is 0.503. The van der Waals surface area contributed by atoms with Crippen molar-refractivity contribution in [3.63, 3.8) is 0 Å². The van der Waals surface area contributed by atoms with Gasteiger partial charge in [-0.1, -0.05) is 31.2 Å². The van der Waals surface area contributed by atoms with E-state index >= 15 is 0 Å². The fourth-order valence-corrected chi connectivity index (χ4v) is 1.99. The minimum atomic E-state index is 0.503. The molecule has 1 rings (SSSR count). The summed E-state index contributed by atoms with van der Waals surface area (Å²) in [6, 6.07) is 3.81. The molecule has 0 saturated heterocycles. The lowest BCUT2D eigenvalue weighted by molar-refractivity contribution is 0.360. The van der Waals surface area contributed by atoms with Crippen LogP contribution in [0.2, 0.25) is 5.02 Å². The van der Waals surface area contributed by atoms with Gasteiger partial charge in [0.2, 0.25) is 0 Å². The standard InChI is InChI=1S/C11H12BrClO/c1-3-5-14-11-6-8(4-2)10(13)7-9(11)12/h3,6-7H,1,4-5H2,2H3. The quantitative estimate of drug-likeness (QED) is 0.747. The summed E-state index contributed by atoms with van der Waals surface area (Å²) in [7, 11) is 0. The van der Waals surface area contributed by atoms with E-state index in [1.165, 1.54) is 0 Å². The first-order chi connectivity index (χ1) is 6.69. The van der Waals surface area contributed by atoms with Crippen molar-refractivity contribution in [1.29, 1.82) is 0 Å². The highest BCUT2D eigenvalue weighted by atomic mass is 79.9. The van der Waals surface area contributed by atoms with E-state index in [0.29, 0.717) is 6.61 Å². The molecule has 1 nitrogen and oxygen atoms in total. The number of rotatable bonds is 4. The van der Waals surface area contributed by atoms with Gasteiger partial charge in [0.1, 0.15) is 12.4 Å². The average molecular weight is 276 g/mol. The Balaban J connectivity index is 2.98. The molecule has 0 fully saturated rings. The summed E-state index contributed by atoms with van der Waals surface area (Å²) in [5.74, 6) is 0.811. The molecule has 0 radical (unpaired) electrons. The lowest BCUT2D eigenvalue weighted by Crippen LogP contribution is -1.95. The van der Waals surface area contributed by atoms with Crippen LogP contribution in [-0.4, -0.2) is 6.61 Å². The topological polar surface area (TPSA) is 9.23 Å². The van der Waals surface area contributed by atoms with Crippen LogP contribution in [0.3, 0.4) is 0 Å². The SMILES string of the molecule is C=CCOc1cc(CC)c(Cl)cc1Br. The van der Waals surface area contributed by atoms with E-state index in [4.69, 9.17) is 16.3 Å². The molecule has 0 unspecified atom stereocenters. The van der Waals surface area contributed by atoms with Gasteiger partial charge in [0, 0.05) is 5.02 Å². The van der Waals surface area contributed by atoms with Gasteiger partial charge in [-0.3, -0.25) is 0 Å². The molecule has 1 aromatic carbocycles. The van der Waals surface area contributed by atoms with Gasteiger partial charge in [-0.05, 0) is 40.0 Å². The van der Waals surface area contributed by atoms with Crippen molar-refractivity contribution < 1.29 is 4.74 Å². The first kappa shape index (κ1) is 11.6. The second-order valence-electron chi connectivity index (χ2n) is 2.83. The predicted octanol–water partition coefficient (Wildman–Crippen LogP) is 4.23. The maximum atomic E-state index is 6.03. The molecule has 0 N–H and O–H groups in total. The molecule has 76 valence electrons. The smallest absolute Gasteiger partial charge is 0.134 e. The zero-order valence-corrected chi connectivity index (χ0v) is 10.4. The van der Waals surface area contributed by atoms with E-state index in [1.54, 1.807) is 6.08 Å². The molecule has 0 spiro atoms. The van der Waals surface area contributed by atoms with Gasteiger partial charge < -0.3 is 4.74 Å². The number of halogens is 2. The summed E-state index contributed by atoms with van der Waals surface area (Å²) >= 11 is 9.43. The molecule has 0 bridgehead atoms. The maximum Gasteiger partial charge on any atom is 0.134 e. The number of benzene rings is 1. The van der Waals surface area contributed by atoms with Crippen LogP contribution >= 0.6 is 27.5 Å². The molecule has 0 saturated carbocycles. The summed E-state index contributed by atoms with van der Waals surface area (Å²) in [6.45, 7) is 6.16. The van der Waals surface area contributed by atoms with Crippen LogP contribution in [0.1, 0.15) is 12.5 Å². The second kappa shape index (κ2) is 5.42. The van der Waals surface area contributed by atoms with Crippen molar-refractivity contribution >= 4 is 27.5 Å². The number of aryl methyl sites for hydroxylation is 1. The number of ether oxygens (including phenoxy) is 1. The van der Waals surface area contributed by atoms with E-state index in [1.807, 2.05) is 12.1 Å². The third-order valence-corrected chi connectivity index (χ3v) is 2.81. The van der Waals surface area contributed by atoms with Gasteiger partial charge in [-0.15, -0.1) is 0 Å². The molecule has 0 aliphatic carbocycles. The summed E-state index contributed by atoms with van der Waals surface area (Å²) in [4.78, 5) is 0. The van der Waals surface area contributed by atoms with Crippen LogP contribution in [-0.2, 0) is 6.42 Å². The first-order valence-electron chi connectivity index (χ1n) is 4.40. The van der Waals surface area contributed by atoms with Gasteiger partial charge in [0.05, 0.1) is 4.47 Å². The maximum absolute atomic E-state index is 6.03. The molecule has 0 aliphatic heterocycles. The van der Waals surface area contributed by atoms with Crippen molar-refractivity contribution in [1.82, 2.24) is 0 Å². The highest BCUT2D eigenvalue weighted by molar-refractivity contribution is 9.10. The Morgan fingerprint density at radius 3 is 2.86 bits per heavy atom. The van der Waals surface area contributed by atoms with Crippen LogP contribution in [0.4, 0.5) is 0 Å². The van der Waals surface area contributed by atoms with Crippen LogP contribution in [0.25, 0.3) is 0 Å². The third kappa shape index (κ3) is 2.76. The van der Waals surface area contributed by atoms with Crippen molar-refractivity contribution in [3.8, 4) is 5.75 Å². The summed E-state index contributed by atoms with van der Waals surface area (Å²) in [6.07, 6.45) is 2.61. The van der Waals surface area contributed by atoms with Gasteiger partial charge in [0.15, 0.2) is 0 Å². The zero-order valence-electron chi connectivity index (χ0n) is 8.02. The van der Waals surface area contributed by atoms with Gasteiger partial charge in [-0.25, -0.2) is 0 Å². The van der Waals surface area contributed by atoms with E-state index in [0.717, 1.165) is 27.2 Å². The Hall–Kier alpha value is -0.470. The lowest BCUT2D eigenvalue weighted by atomic mass is 10.1. The zero-order chi connectivity index (χ0) is 10.6. The number of hydrogen-bond donors (Lipinski definition) is 0. The molecule has 0 aliphatic rings. The molecule has 14 heavy (non-hydrogen) atoms. The second-order valence-corrected chi connectivity index (χ2v) is 4.09. The first-order valence-corrected chi connectivity index (χ1v) is 5.57. The van der Waals surface area contributed by atoms with Crippen molar-refractivity contribution in [2.24, 2.45) is 0 Å². The van der Waals surface area contributed by atoms with Crippen LogP contribution in [0, 0.1) is 0 Å². The Morgan fingerprint density at radius 1 is 1.57 bits per heavy atom. The summed E-state index contributed by atoms with van der Waals surface area (Å²) < 4.78 is 6.34. The van der Waals surface area contributed by atoms with E-state index in [9.17, 15) is 0 Å². The molecular weight excluding hydrogens is 263 g/mol. The Labute approximate surface area is 97.9 Å². The Kier molecular flexibility index (Phi) is 4.49. The minimum Gasteiger partial charge on any atom is -0.488 e. The van der Waals surface area contributed by atoms with Crippen molar-refractivity contribution in [3.05, 3.63) is 39.8 Å². The monoisotopic (exact) mass is 274 g/mol. The molecule has 1 aromatic rings. The molecular formula is C11H12BrClO. The molecule has 0 aromatic heterocycles. The molecule has 0 atom stereocenters. The molecule has 3 heteroatoms. The Morgan fingerprint density at radius 2 is 2.29 bits per heavy atom. The van der Waals surface area contributed by atoms with Crippen LogP contribution < -0.4 is 4.74 Å². The molecule has 0 amide bonds. The third-order valence-electron chi connectivity index (χ3n) is 1.84. The van der Waals surface area contributed by atoms with Gasteiger partial charge >= 0.3 is 0 Å². The van der Waals surface area contributed by atoms with Gasteiger partial charge in [-0.2, -0.15) is 0 Å². The lowest BCUT2D eigenvalue weighted by Gasteiger charge is -2.09. The summed E-state index contributed by atoms with van der Waals surface area (Å²) in [5, 5.41) is 0.769. The highest BCUT2D eigenvalue weighted by Crippen LogP contribution is 2.31. The van der Waals surface area contributed by atoms with Gasteiger partial charge in [0.25, 0.3) is 0 Å². The summed E-state index contributed by atoms with van der Waals surface area (Å²) in [5.41, 5.74) is 1.09. The van der Waals surface area contributed by atoms with E-state index < -0.39 is 0 Å². The van der Waals surface area contributed by atoms with Crippen molar-refractivity contribution in [2.75, 3.05) is 6.61 Å². The van der Waals surface area contributed by atoms with E-state index in [2.05, 4.69) is 29.4 Å². The fourth-order valence-electron chi connectivity index (χ4n) is 1.10. The average Bonchev–Trinajstić information content (AvgIpc) is 2.17. The predicted molar refractivity (Wildman–Crippen MR) is 64.2 cm³/mol.